The number of carbonyl (C=O) groups is 1. The van der Waals surface area contributed by atoms with Gasteiger partial charge in [-0.05, 0) is 60.9 Å². The van der Waals surface area contributed by atoms with Crippen LogP contribution in [0, 0.1) is 0 Å². The number of thioether (sulfide) groups is 1. The molecule has 1 aliphatic rings. The molecule has 0 aliphatic carbocycles. The van der Waals surface area contributed by atoms with Crippen molar-refractivity contribution in [3.8, 4) is 5.75 Å². The Morgan fingerprint density at radius 3 is 2.62 bits per heavy atom. The van der Waals surface area contributed by atoms with E-state index in [2.05, 4.69) is 5.32 Å². The summed E-state index contributed by atoms with van der Waals surface area (Å²) in [6.45, 7) is 3.86. The average Bonchev–Trinajstić information content (AvgIpc) is 3.29. The highest BCUT2D eigenvalue weighted by Crippen LogP contribution is 2.38. The van der Waals surface area contributed by atoms with Crippen molar-refractivity contribution in [2.75, 3.05) is 5.32 Å². The third-order valence-corrected chi connectivity index (χ3v) is 7.53. The van der Waals surface area contributed by atoms with Crippen LogP contribution in [-0.2, 0) is 17.2 Å². The van der Waals surface area contributed by atoms with E-state index < -0.39 is 6.04 Å². The third-order valence-electron chi connectivity index (χ3n) is 6.02. The molecule has 37 heavy (non-hydrogen) atoms. The number of benzene rings is 3. The fourth-order valence-corrected chi connectivity index (χ4v) is 5.48. The molecule has 188 valence electrons. The van der Waals surface area contributed by atoms with Crippen LogP contribution >= 0.6 is 35.0 Å². The number of halogens is 2. The third kappa shape index (κ3) is 5.69. The summed E-state index contributed by atoms with van der Waals surface area (Å²) in [7, 11) is 0. The molecule has 0 bridgehead atoms. The minimum absolute atomic E-state index is 0.0334. The highest BCUT2D eigenvalue weighted by atomic mass is 35.5. The van der Waals surface area contributed by atoms with Gasteiger partial charge in [0.1, 0.15) is 18.4 Å². The van der Waals surface area contributed by atoms with Crippen LogP contribution in [0.1, 0.15) is 36.6 Å². The fraction of sp³-hybridized carbons (Fsp3) is 0.179. The molecule has 1 N–H and O–H groups in total. The Morgan fingerprint density at radius 1 is 1.08 bits per heavy atom. The number of ketones is 1. The number of rotatable bonds is 8. The van der Waals surface area contributed by atoms with Crippen molar-refractivity contribution in [2.24, 2.45) is 0 Å². The number of fused-ring (bicyclic) bond motifs is 1. The van der Waals surface area contributed by atoms with Crippen molar-refractivity contribution in [3.63, 3.8) is 0 Å². The van der Waals surface area contributed by atoms with Gasteiger partial charge in [-0.25, -0.2) is 4.68 Å². The lowest BCUT2D eigenvalue weighted by molar-refractivity contribution is -0.114. The topological polar surface area (TPSA) is 69.0 Å². The van der Waals surface area contributed by atoms with E-state index in [1.165, 1.54) is 11.8 Å². The van der Waals surface area contributed by atoms with Crippen LogP contribution < -0.4 is 10.1 Å². The summed E-state index contributed by atoms with van der Waals surface area (Å²) < 4.78 is 7.83. The van der Waals surface area contributed by atoms with Crippen LogP contribution in [-0.4, -0.2) is 20.5 Å². The van der Waals surface area contributed by atoms with Crippen molar-refractivity contribution in [3.05, 3.63) is 111 Å². The van der Waals surface area contributed by atoms with E-state index in [0.717, 1.165) is 22.4 Å². The van der Waals surface area contributed by atoms with E-state index in [-0.39, 0.29) is 5.78 Å². The van der Waals surface area contributed by atoms with Gasteiger partial charge >= 0.3 is 0 Å². The summed E-state index contributed by atoms with van der Waals surface area (Å²) in [5.41, 5.74) is 4.29. The van der Waals surface area contributed by atoms with Crippen LogP contribution in [0.15, 0.2) is 89.2 Å². The molecule has 6 nitrogen and oxygen atoms in total. The molecule has 2 heterocycles. The van der Waals surface area contributed by atoms with Gasteiger partial charge in [0.2, 0.25) is 11.1 Å². The first-order chi connectivity index (χ1) is 17.9. The number of nitrogens with zero attached hydrogens (tertiary/aromatic N) is 3. The molecule has 5 rings (SSSR count). The Balaban J connectivity index is 1.43. The number of carbonyl (C=O) groups excluding carboxylic acids is 1. The number of anilines is 1. The summed E-state index contributed by atoms with van der Waals surface area (Å²) in [6.07, 6.45) is 0. The molecule has 0 amide bonds. The van der Waals surface area contributed by atoms with Crippen molar-refractivity contribution < 1.29 is 9.53 Å². The Kier molecular flexibility index (Phi) is 7.55. The summed E-state index contributed by atoms with van der Waals surface area (Å²) in [4.78, 5) is 17.5. The van der Waals surface area contributed by atoms with E-state index in [1.807, 2.05) is 79.7 Å². The Bertz CT molecular complexity index is 1480. The van der Waals surface area contributed by atoms with Gasteiger partial charge in [0.15, 0.2) is 5.78 Å². The molecular formula is C28H24Cl2N4O2S. The average molecular weight is 551 g/mol. The maximum atomic E-state index is 12.8. The molecule has 0 radical (unpaired) electrons. The predicted octanol–water partition coefficient (Wildman–Crippen LogP) is 7.33. The van der Waals surface area contributed by atoms with Gasteiger partial charge < -0.3 is 10.1 Å². The zero-order valence-corrected chi connectivity index (χ0v) is 22.6. The summed E-state index contributed by atoms with van der Waals surface area (Å²) in [5.74, 6) is 1.88. The van der Waals surface area contributed by atoms with Gasteiger partial charge in [-0.15, -0.1) is 5.10 Å². The second-order valence-corrected chi connectivity index (χ2v) is 10.4. The van der Waals surface area contributed by atoms with Gasteiger partial charge in [0.05, 0.1) is 0 Å². The van der Waals surface area contributed by atoms with Crippen molar-refractivity contribution in [1.29, 1.82) is 0 Å². The Morgan fingerprint density at radius 2 is 1.86 bits per heavy atom. The summed E-state index contributed by atoms with van der Waals surface area (Å²) in [6, 6.07) is 22.6. The van der Waals surface area contributed by atoms with E-state index in [9.17, 15) is 4.79 Å². The number of allylic oxidation sites excluding steroid dienone is 2. The maximum absolute atomic E-state index is 12.8. The highest BCUT2D eigenvalue weighted by molar-refractivity contribution is 7.98. The predicted molar refractivity (Wildman–Crippen MR) is 148 cm³/mol. The van der Waals surface area contributed by atoms with Crippen LogP contribution in [0.2, 0.25) is 10.0 Å². The number of nitrogens with one attached hydrogen (secondary N) is 1. The molecule has 0 spiro atoms. The quantitative estimate of drug-likeness (QED) is 0.231. The number of hydrogen-bond acceptors (Lipinski definition) is 6. The minimum atomic E-state index is -0.435. The maximum Gasteiger partial charge on any atom is 0.227 e. The van der Waals surface area contributed by atoms with Gasteiger partial charge in [0, 0.05) is 27.1 Å². The number of aromatic nitrogens is 3. The largest absolute Gasteiger partial charge is 0.489 e. The van der Waals surface area contributed by atoms with Gasteiger partial charge in [0.25, 0.3) is 0 Å². The molecule has 1 aliphatic heterocycles. The lowest BCUT2D eigenvalue weighted by Gasteiger charge is -2.28. The lowest BCUT2D eigenvalue weighted by Crippen LogP contribution is -2.27. The molecule has 1 unspecified atom stereocenters. The molecule has 3 aromatic carbocycles. The number of Topliss-reactive ketones (excluding diaryl/α,β-unsaturated/α-hetero) is 1. The van der Waals surface area contributed by atoms with Crippen molar-refractivity contribution in [1.82, 2.24) is 14.8 Å². The zero-order valence-electron chi connectivity index (χ0n) is 20.2. The van der Waals surface area contributed by atoms with E-state index in [1.54, 1.807) is 11.6 Å². The number of hydrogen-bond donors (Lipinski definition) is 1. The monoisotopic (exact) mass is 550 g/mol. The molecule has 0 fully saturated rings. The van der Waals surface area contributed by atoms with Crippen LogP contribution in [0.4, 0.5) is 5.95 Å². The normalized spacial score (nSPS) is 14.8. The highest BCUT2D eigenvalue weighted by Gasteiger charge is 2.33. The van der Waals surface area contributed by atoms with Crippen LogP contribution in [0.25, 0.3) is 0 Å². The Labute approximate surface area is 229 Å². The summed E-state index contributed by atoms with van der Waals surface area (Å²) in [5, 5.41) is 10.0. The van der Waals surface area contributed by atoms with E-state index in [4.69, 9.17) is 38.0 Å². The molecular weight excluding hydrogens is 527 g/mol. The van der Waals surface area contributed by atoms with Crippen LogP contribution in [0.3, 0.4) is 0 Å². The number of ether oxygens (including phenoxy) is 1. The standard InChI is InChI=1S/C28H24Cl2N4O2S/c1-17-25(18(2)35)26(20-7-5-8-23(14-20)36-15-19-10-12-22(29)13-11-19)34-27(31-17)32-28(33-34)37-16-21-6-3-4-9-24(21)30/h3-14,26H,15-16H2,1-2H3,(H,31,32,33). The second-order valence-electron chi connectivity index (χ2n) is 8.65. The lowest BCUT2D eigenvalue weighted by atomic mass is 9.93. The van der Waals surface area contributed by atoms with Gasteiger partial charge in [-0.3, -0.25) is 4.79 Å². The van der Waals surface area contributed by atoms with Crippen LogP contribution in [0.5, 0.6) is 5.75 Å². The molecule has 9 heteroatoms. The van der Waals surface area contributed by atoms with E-state index >= 15 is 0 Å². The van der Waals surface area contributed by atoms with Gasteiger partial charge in [-0.1, -0.05) is 77.4 Å². The first kappa shape index (κ1) is 25.4. The molecule has 4 aromatic rings. The van der Waals surface area contributed by atoms with Crippen molar-refractivity contribution in [2.45, 2.75) is 37.4 Å². The molecule has 1 atom stereocenters. The smallest absolute Gasteiger partial charge is 0.227 e. The molecule has 0 saturated carbocycles. The summed E-state index contributed by atoms with van der Waals surface area (Å²) >= 11 is 13.8. The van der Waals surface area contributed by atoms with Gasteiger partial charge in [-0.2, -0.15) is 4.98 Å². The first-order valence-corrected chi connectivity index (χ1v) is 13.4. The van der Waals surface area contributed by atoms with Crippen molar-refractivity contribution >= 4 is 46.7 Å². The first-order valence-electron chi connectivity index (χ1n) is 11.7. The fourth-order valence-electron chi connectivity index (χ4n) is 4.24. The molecule has 1 aromatic heterocycles. The molecule has 0 saturated heterocycles. The Hall–Kier alpha value is -3.26. The second kappa shape index (κ2) is 11.0. The SMILES string of the molecule is CC(=O)C1=C(C)Nc2nc(SCc3ccccc3Cl)nn2C1c1cccc(OCc2ccc(Cl)cc2)c1. The zero-order chi connectivity index (χ0) is 25.9. The minimum Gasteiger partial charge on any atom is -0.489 e. The van der Waals surface area contributed by atoms with E-state index in [0.29, 0.717) is 44.8 Å².